The summed E-state index contributed by atoms with van der Waals surface area (Å²) in [6.45, 7) is 4.06. The minimum absolute atomic E-state index is 0.0208. The van der Waals surface area contributed by atoms with E-state index in [0.29, 0.717) is 12.6 Å². The molecule has 0 spiro atoms. The molecule has 0 bridgehead atoms. The fraction of sp³-hybridized carbons (Fsp3) is 0.471. The first-order chi connectivity index (χ1) is 11.1. The number of hydrogen-bond donors (Lipinski definition) is 1. The summed E-state index contributed by atoms with van der Waals surface area (Å²) >= 11 is 0. The molecule has 23 heavy (non-hydrogen) atoms. The van der Waals surface area contributed by atoms with Crippen LogP contribution in [0.3, 0.4) is 0 Å². The lowest BCUT2D eigenvalue weighted by atomic mass is 10.1. The lowest BCUT2D eigenvalue weighted by Crippen LogP contribution is -2.23. The van der Waals surface area contributed by atoms with E-state index in [2.05, 4.69) is 38.6 Å². The normalized spacial score (nSPS) is 18.3. The van der Waals surface area contributed by atoms with E-state index in [1.165, 1.54) is 18.9 Å². The van der Waals surface area contributed by atoms with Gasteiger partial charge >= 0.3 is 0 Å². The lowest BCUT2D eigenvalue weighted by Gasteiger charge is -2.23. The molecule has 1 saturated heterocycles. The molecule has 6 nitrogen and oxygen atoms in total. The number of pyridine rings is 1. The summed E-state index contributed by atoms with van der Waals surface area (Å²) in [5.74, 6) is -0.0208. The number of carbonyl (C=O) groups is 1. The highest BCUT2D eigenvalue weighted by Crippen LogP contribution is 2.31. The van der Waals surface area contributed by atoms with Gasteiger partial charge in [-0.3, -0.25) is 19.4 Å². The van der Waals surface area contributed by atoms with Crippen LogP contribution in [0.2, 0.25) is 0 Å². The molecular weight excluding hydrogens is 290 g/mol. The van der Waals surface area contributed by atoms with E-state index in [1.54, 1.807) is 0 Å². The molecule has 1 fully saturated rings. The second-order valence-corrected chi connectivity index (χ2v) is 6.15. The van der Waals surface area contributed by atoms with Crippen LogP contribution in [0.15, 0.2) is 30.7 Å². The van der Waals surface area contributed by atoms with Crippen molar-refractivity contribution in [2.24, 2.45) is 7.05 Å². The number of rotatable bonds is 5. The van der Waals surface area contributed by atoms with E-state index in [-0.39, 0.29) is 5.91 Å². The van der Waals surface area contributed by atoms with Crippen LogP contribution in [0, 0.1) is 0 Å². The summed E-state index contributed by atoms with van der Waals surface area (Å²) in [6, 6.07) is 4.51. The Morgan fingerprint density at radius 1 is 1.35 bits per heavy atom. The van der Waals surface area contributed by atoms with Gasteiger partial charge < -0.3 is 5.32 Å². The Kier molecular flexibility index (Phi) is 4.71. The molecular formula is C17H23N5O. The molecule has 3 rings (SSSR count). The second-order valence-electron chi connectivity index (χ2n) is 6.15. The van der Waals surface area contributed by atoms with Crippen molar-refractivity contribution in [3.05, 3.63) is 47.5 Å². The maximum atomic E-state index is 11.0. The van der Waals surface area contributed by atoms with Gasteiger partial charge in [-0.25, -0.2) is 0 Å². The third kappa shape index (κ3) is 3.96. The molecule has 0 radical (unpaired) electrons. The Bertz CT molecular complexity index is 664. The van der Waals surface area contributed by atoms with E-state index in [9.17, 15) is 4.79 Å². The van der Waals surface area contributed by atoms with Crippen molar-refractivity contribution in [2.45, 2.75) is 38.9 Å². The fourth-order valence-electron chi connectivity index (χ4n) is 3.10. The number of nitrogens with zero attached hydrogens (tertiary/aromatic N) is 4. The van der Waals surface area contributed by atoms with Gasteiger partial charge in [0.05, 0.1) is 17.9 Å². The van der Waals surface area contributed by atoms with Gasteiger partial charge in [-0.2, -0.15) is 5.10 Å². The third-order valence-corrected chi connectivity index (χ3v) is 4.24. The summed E-state index contributed by atoms with van der Waals surface area (Å²) in [6.07, 6.45) is 8.20. The van der Waals surface area contributed by atoms with Crippen molar-refractivity contribution >= 4 is 5.91 Å². The zero-order valence-electron chi connectivity index (χ0n) is 13.7. The summed E-state index contributed by atoms with van der Waals surface area (Å²) < 4.78 is 1.84. The Morgan fingerprint density at radius 3 is 2.87 bits per heavy atom. The first kappa shape index (κ1) is 15.7. The van der Waals surface area contributed by atoms with Crippen LogP contribution < -0.4 is 5.32 Å². The van der Waals surface area contributed by atoms with Crippen LogP contribution in [0.1, 0.15) is 42.6 Å². The van der Waals surface area contributed by atoms with Gasteiger partial charge in [0.1, 0.15) is 0 Å². The average Bonchev–Trinajstić information content (AvgIpc) is 3.15. The van der Waals surface area contributed by atoms with Crippen molar-refractivity contribution < 1.29 is 4.79 Å². The minimum Gasteiger partial charge on any atom is -0.352 e. The molecule has 0 aromatic carbocycles. The monoisotopic (exact) mass is 313 g/mol. The van der Waals surface area contributed by atoms with Crippen molar-refractivity contribution in [3.8, 4) is 0 Å². The van der Waals surface area contributed by atoms with Crippen LogP contribution in [0.25, 0.3) is 0 Å². The molecule has 0 aliphatic carbocycles. The van der Waals surface area contributed by atoms with Crippen LogP contribution >= 0.6 is 0 Å². The van der Waals surface area contributed by atoms with Crippen LogP contribution in [-0.4, -0.2) is 32.1 Å². The van der Waals surface area contributed by atoms with E-state index >= 15 is 0 Å². The SMILES string of the molecule is CC(=O)NCc1ccc([C@H]2CCCN2Cc2cnn(C)c2)nc1. The first-order valence-electron chi connectivity index (χ1n) is 8.02. The van der Waals surface area contributed by atoms with E-state index in [1.807, 2.05) is 24.1 Å². The number of amides is 1. The number of aryl methyl sites for hydroxylation is 1. The Morgan fingerprint density at radius 2 is 2.22 bits per heavy atom. The quantitative estimate of drug-likeness (QED) is 0.914. The third-order valence-electron chi connectivity index (χ3n) is 4.24. The maximum absolute atomic E-state index is 11.0. The van der Waals surface area contributed by atoms with Crippen LogP contribution in [-0.2, 0) is 24.9 Å². The topological polar surface area (TPSA) is 63.1 Å². The van der Waals surface area contributed by atoms with Crippen molar-refractivity contribution in [1.29, 1.82) is 0 Å². The molecule has 1 amide bonds. The zero-order chi connectivity index (χ0) is 16.2. The molecule has 1 atom stereocenters. The number of aromatic nitrogens is 3. The molecule has 1 aliphatic heterocycles. The number of likely N-dealkylation sites (tertiary alicyclic amines) is 1. The van der Waals surface area contributed by atoms with E-state index < -0.39 is 0 Å². The average molecular weight is 313 g/mol. The highest BCUT2D eigenvalue weighted by Gasteiger charge is 2.27. The van der Waals surface area contributed by atoms with Crippen molar-refractivity contribution in [2.75, 3.05) is 6.54 Å². The second kappa shape index (κ2) is 6.91. The maximum Gasteiger partial charge on any atom is 0.217 e. The molecule has 122 valence electrons. The van der Waals surface area contributed by atoms with Gasteiger partial charge in [0.2, 0.25) is 5.91 Å². The summed E-state index contributed by atoms with van der Waals surface area (Å²) in [4.78, 5) is 18.1. The Balaban J connectivity index is 1.66. The molecule has 1 N–H and O–H groups in total. The smallest absolute Gasteiger partial charge is 0.217 e. The molecule has 0 saturated carbocycles. The lowest BCUT2D eigenvalue weighted by molar-refractivity contribution is -0.119. The minimum atomic E-state index is -0.0208. The van der Waals surface area contributed by atoms with Gasteiger partial charge in [0, 0.05) is 45.0 Å². The van der Waals surface area contributed by atoms with Crippen molar-refractivity contribution in [3.63, 3.8) is 0 Å². The Hall–Kier alpha value is -2.21. The predicted molar refractivity (Wildman–Crippen MR) is 87.4 cm³/mol. The van der Waals surface area contributed by atoms with Gasteiger partial charge in [0.15, 0.2) is 0 Å². The van der Waals surface area contributed by atoms with E-state index in [0.717, 1.165) is 30.8 Å². The molecule has 2 aromatic heterocycles. The standard InChI is InChI=1S/C17H23N5O/c1-13(23)18-8-14-5-6-16(19-9-14)17-4-3-7-22(17)12-15-10-20-21(2)11-15/h5-6,9-11,17H,3-4,7-8,12H2,1-2H3,(H,18,23)/t17-/m1/s1. The highest BCUT2D eigenvalue weighted by atomic mass is 16.1. The molecule has 3 heterocycles. The number of carbonyl (C=O) groups excluding carboxylic acids is 1. The van der Waals surface area contributed by atoms with Crippen LogP contribution in [0.4, 0.5) is 0 Å². The number of nitrogens with one attached hydrogen (secondary N) is 1. The largest absolute Gasteiger partial charge is 0.352 e. The summed E-state index contributed by atoms with van der Waals surface area (Å²) in [5.41, 5.74) is 3.38. The molecule has 2 aromatic rings. The van der Waals surface area contributed by atoms with Crippen molar-refractivity contribution in [1.82, 2.24) is 25.0 Å². The molecule has 6 heteroatoms. The van der Waals surface area contributed by atoms with Gasteiger partial charge in [-0.05, 0) is 31.0 Å². The number of hydrogen-bond acceptors (Lipinski definition) is 4. The zero-order valence-corrected chi connectivity index (χ0v) is 13.7. The summed E-state index contributed by atoms with van der Waals surface area (Å²) in [7, 11) is 1.94. The fourth-order valence-corrected chi connectivity index (χ4v) is 3.10. The van der Waals surface area contributed by atoms with Gasteiger partial charge in [-0.1, -0.05) is 6.07 Å². The Labute approximate surface area is 136 Å². The highest BCUT2D eigenvalue weighted by molar-refractivity contribution is 5.72. The molecule has 0 unspecified atom stereocenters. The predicted octanol–water partition coefficient (Wildman–Crippen LogP) is 1.79. The van der Waals surface area contributed by atoms with Gasteiger partial charge in [0.25, 0.3) is 0 Å². The summed E-state index contributed by atoms with van der Waals surface area (Å²) in [5, 5.41) is 7.04. The van der Waals surface area contributed by atoms with Gasteiger partial charge in [-0.15, -0.1) is 0 Å². The first-order valence-corrected chi connectivity index (χ1v) is 8.02. The molecule has 1 aliphatic rings. The van der Waals surface area contributed by atoms with Crippen LogP contribution in [0.5, 0.6) is 0 Å². The van der Waals surface area contributed by atoms with E-state index in [4.69, 9.17) is 0 Å².